The summed E-state index contributed by atoms with van der Waals surface area (Å²) in [6, 6.07) is 8.36. The summed E-state index contributed by atoms with van der Waals surface area (Å²) in [5.41, 5.74) is 6.18. The van der Waals surface area contributed by atoms with Crippen molar-refractivity contribution >= 4 is 5.91 Å². The topological polar surface area (TPSA) is 84.1 Å². The number of nitrogens with zero attached hydrogens (tertiary/aromatic N) is 5. The molecule has 1 saturated carbocycles. The van der Waals surface area contributed by atoms with Crippen molar-refractivity contribution in [1.29, 1.82) is 0 Å². The van der Waals surface area contributed by atoms with E-state index >= 15 is 0 Å². The molecule has 7 heteroatoms. The molecule has 6 rings (SSSR count). The zero-order valence-electron chi connectivity index (χ0n) is 18.1. The summed E-state index contributed by atoms with van der Waals surface area (Å²) < 4.78 is 1.78. The average molecular weight is 430 g/mol. The van der Waals surface area contributed by atoms with E-state index in [9.17, 15) is 9.90 Å². The van der Waals surface area contributed by atoms with Gasteiger partial charge in [0.05, 0.1) is 35.8 Å². The molecule has 1 saturated heterocycles. The van der Waals surface area contributed by atoms with Crippen LogP contribution in [-0.2, 0) is 12.8 Å². The Morgan fingerprint density at radius 1 is 1.06 bits per heavy atom. The summed E-state index contributed by atoms with van der Waals surface area (Å²) in [7, 11) is 0. The summed E-state index contributed by atoms with van der Waals surface area (Å²) in [5.74, 6) is 0.803. The quantitative estimate of drug-likeness (QED) is 0.688. The lowest BCUT2D eigenvalue weighted by atomic mass is 10.0. The molecule has 3 heterocycles. The van der Waals surface area contributed by atoms with Gasteiger partial charge in [0, 0.05) is 24.2 Å². The minimum atomic E-state index is -0.0989. The maximum Gasteiger partial charge on any atom is 0.257 e. The highest BCUT2D eigenvalue weighted by molar-refractivity contribution is 5.96. The predicted molar refractivity (Wildman–Crippen MR) is 120 cm³/mol. The van der Waals surface area contributed by atoms with E-state index in [-0.39, 0.29) is 18.6 Å². The van der Waals surface area contributed by atoms with Gasteiger partial charge < -0.3 is 10.0 Å². The van der Waals surface area contributed by atoms with Gasteiger partial charge in [-0.2, -0.15) is 5.10 Å². The first-order valence-electron chi connectivity index (χ1n) is 11.7. The molecule has 1 aromatic carbocycles. The van der Waals surface area contributed by atoms with Gasteiger partial charge in [0.2, 0.25) is 0 Å². The van der Waals surface area contributed by atoms with E-state index in [0.717, 1.165) is 61.9 Å². The number of carbonyl (C=O) groups excluding carboxylic acids is 1. The number of amides is 1. The third kappa shape index (κ3) is 3.23. The summed E-state index contributed by atoms with van der Waals surface area (Å²) >= 11 is 0. The lowest BCUT2D eigenvalue weighted by molar-refractivity contribution is 0.0676. The molecule has 3 aromatic rings. The van der Waals surface area contributed by atoms with Gasteiger partial charge >= 0.3 is 0 Å². The molecule has 7 nitrogen and oxygen atoms in total. The standard InChI is InChI=1S/C25H27N5O2/c31-15-19-8-4-12-29(19)24(32)21-14-27-30(23(21)17-10-11-17)25-26-13-18-7-3-6-16-5-1-2-9-20(16)22(18)28-25/h1-2,5,9,13-14,17,19,31H,3-4,6-8,10-12,15H2/t19-/m0/s1. The number of aryl methyl sites for hydroxylation is 2. The van der Waals surface area contributed by atoms with E-state index in [0.29, 0.717) is 24.0 Å². The lowest BCUT2D eigenvalue weighted by Crippen LogP contribution is -2.37. The fourth-order valence-electron chi connectivity index (χ4n) is 5.23. The van der Waals surface area contributed by atoms with Gasteiger partial charge in [0.15, 0.2) is 0 Å². The Balaban J connectivity index is 1.43. The molecule has 1 aliphatic heterocycles. The Kier molecular flexibility index (Phi) is 4.79. The van der Waals surface area contributed by atoms with E-state index in [1.165, 1.54) is 11.1 Å². The second-order valence-corrected chi connectivity index (χ2v) is 9.16. The number of fused-ring (bicyclic) bond motifs is 3. The van der Waals surface area contributed by atoms with Crippen LogP contribution in [0.15, 0.2) is 36.7 Å². The van der Waals surface area contributed by atoms with Crippen molar-refractivity contribution in [3.8, 4) is 17.2 Å². The Bertz CT molecular complexity index is 1180. The van der Waals surface area contributed by atoms with E-state index in [2.05, 4.69) is 34.3 Å². The highest BCUT2D eigenvalue weighted by atomic mass is 16.3. The highest BCUT2D eigenvalue weighted by Gasteiger charge is 2.37. The number of carbonyl (C=O) groups is 1. The van der Waals surface area contributed by atoms with Crippen LogP contribution in [0.2, 0.25) is 0 Å². The van der Waals surface area contributed by atoms with E-state index in [1.807, 2.05) is 6.20 Å². The normalized spacial score (nSPS) is 20.0. The van der Waals surface area contributed by atoms with Crippen LogP contribution in [0.1, 0.15) is 65.2 Å². The van der Waals surface area contributed by atoms with Gasteiger partial charge in [-0.1, -0.05) is 24.3 Å². The molecule has 0 bridgehead atoms. The van der Waals surface area contributed by atoms with E-state index in [1.54, 1.807) is 15.8 Å². The predicted octanol–water partition coefficient (Wildman–Crippen LogP) is 3.29. The fourth-order valence-corrected chi connectivity index (χ4v) is 5.23. The van der Waals surface area contributed by atoms with Crippen LogP contribution in [0.3, 0.4) is 0 Å². The van der Waals surface area contributed by atoms with Gasteiger partial charge in [-0.3, -0.25) is 4.79 Å². The molecule has 1 amide bonds. The van der Waals surface area contributed by atoms with Crippen molar-refractivity contribution in [2.45, 2.75) is 56.9 Å². The molecule has 2 fully saturated rings. The van der Waals surface area contributed by atoms with Crippen LogP contribution >= 0.6 is 0 Å². The average Bonchev–Trinajstić information content (AvgIpc) is 3.43. The number of rotatable bonds is 4. The number of likely N-dealkylation sites (tertiary alicyclic amines) is 1. The Morgan fingerprint density at radius 3 is 2.75 bits per heavy atom. The maximum atomic E-state index is 13.4. The van der Waals surface area contributed by atoms with Gasteiger partial charge in [-0.15, -0.1) is 0 Å². The molecule has 0 radical (unpaired) electrons. The number of aliphatic hydroxyl groups is 1. The monoisotopic (exact) mass is 429 g/mol. The molecular weight excluding hydrogens is 402 g/mol. The molecule has 2 aliphatic carbocycles. The van der Waals surface area contributed by atoms with Crippen molar-refractivity contribution in [3.63, 3.8) is 0 Å². The molecule has 3 aliphatic rings. The molecule has 32 heavy (non-hydrogen) atoms. The highest BCUT2D eigenvalue weighted by Crippen LogP contribution is 2.43. The summed E-state index contributed by atoms with van der Waals surface area (Å²) in [4.78, 5) is 24.8. The first-order valence-corrected chi connectivity index (χ1v) is 11.7. The summed E-state index contributed by atoms with van der Waals surface area (Å²) in [5, 5.41) is 14.3. The Labute approximate surface area is 187 Å². The summed E-state index contributed by atoms with van der Waals surface area (Å²) in [6.45, 7) is 0.692. The van der Waals surface area contributed by atoms with Crippen LogP contribution in [0, 0.1) is 0 Å². The smallest absolute Gasteiger partial charge is 0.257 e. The molecule has 0 spiro atoms. The minimum Gasteiger partial charge on any atom is -0.394 e. The molecule has 0 unspecified atom stereocenters. The van der Waals surface area contributed by atoms with Crippen LogP contribution in [0.25, 0.3) is 17.2 Å². The first-order chi connectivity index (χ1) is 15.7. The van der Waals surface area contributed by atoms with Crippen LogP contribution in [0.5, 0.6) is 0 Å². The maximum absolute atomic E-state index is 13.4. The second kappa shape index (κ2) is 7.81. The fraction of sp³-hybridized carbons (Fsp3) is 0.440. The summed E-state index contributed by atoms with van der Waals surface area (Å²) in [6.07, 6.45) is 10.6. The van der Waals surface area contributed by atoms with Crippen LogP contribution in [0.4, 0.5) is 0 Å². The lowest BCUT2D eigenvalue weighted by Gasteiger charge is -2.23. The number of benzene rings is 1. The second-order valence-electron chi connectivity index (χ2n) is 9.16. The third-order valence-electron chi connectivity index (χ3n) is 7.06. The third-order valence-corrected chi connectivity index (χ3v) is 7.06. The number of aliphatic hydroxyl groups excluding tert-OH is 1. The van der Waals surface area contributed by atoms with Crippen LogP contribution in [-0.4, -0.2) is 54.9 Å². The van der Waals surface area contributed by atoms with Crippen LogP contribution < -0.4 is 0 Å². The molecule has 1 atom stereocenters. The molecule has 1 N–H and O–H groups in total. The number of hydrogen-bond acceptors (Lipinski definition) is 5. The number of aromatic nitrogens is 4. The van der Waals surface area contributed by atoms with Gasteiger partial charge in [-0.25, -0.2) is 14.6 Å². The van der Waals surface area contributed by atoms with Gasteiger partial charge in [0.25, 0.3) is 11.9 Å². The van der Waals surface area contributed by atoms with Crippen molar-refractivity contribution in [2.24, 2.45) is 0 Å². The first kappa shape index (κ1) is 19.6. The van der Waals surface area contributed by atoms with Gasteiger partial charge in [0.1, 0.15) is 0 Å². The minimum absolute atomic E-state index is 0.00593. The van der Waals surface area contributed by atoms with E-state index < -0.39 is 0 Å². The van der Waals surface area contributed by atoms with Crippen molar-refractivity contribution in [3.05, 3.63) is 59.0 Å². The van der Waals surface area contributed by atoms with E-state index in [4.69, 9.17) is 4.98 Å². The molecule has 2 aromatic heterocycles. The Hall–Kier alpha value is -3.06. The Morgan fingerprint density at radius 2 is 1.91 bits per heavy atom. The number of hydrogen-bond donors (Lipinski definition) is 1. The van der Waals surface area contributed by atoms with Crippen molar-refractivity contribution in [2.75, 3.05) is 13.2 Å². The van der Waals surface area contributed by atoms with Crippen molar-refractivity contribution < 1.29 is 9.90 Å². The zero-order valence-corrected chi connectivity index (χ0v) is 18.1. The SMILES string of the molecule is O=C(c1cnn(-c2ncc3c(n2)-c2ccccc2CCC3)c1C1CC1)N1CCC[C@H]1CO. The molecular formula is C25H27N5O2. The zero-order chi connectivity index (χ0) is 21.7. The van der Waals surface area contributed by atoms with Crippen molar-refractivity contribution in [1.82, 2.24) is 24.6 Å². The van der Waals surface area contributed by atoms with Gasteiger partial charge in [-0.05, 0) is 56.1 Å². The largest absolute Gasteiger partial charge is 0.394 e. The molecule has 164 valence electrons.